The van der Waals surface area contributed by atoms with E-state index in [4.69, 9.17) is 27.9 Å². The van der Waals surface area contributed by atoms with Crippen LogP contribution in [0.2, 0.25) is 10.0 Å². The molecule has 1 amide bonds. The first-order valence-electron chi connectivity index (χ1n) is 8.93. The van der Waals surface area contributed by atoms with Crippen LogP contribution >= 0.6 is 34.5 Å². The van der Waals surface area contributed by atoms with Crippen molar-refractivity contribution < 1.29 is 14.3 Å². The summed E-state index contributed by atoms with van der Waals surface area (Å²) in [5.74, 6) is -0.0387. The fraction of sp³-hybridized carbons (Fsp3) is 0.0909. The Bertz CT molecular complexity index is 1270. The highest BCUT2D eigenvalue weighted by Crippen LogP contribution is 2.30. The number of nitrogens with one attached hydrogen (secondary N) is 1. The van der Waals surface area contributed by atoms with Crippen LogP contribution in [0.5, 0.6) is 5.75 Å². The van der Waals surface area contributed by atoms with Gasteiger partial charge in [-0.15, -0.1) is 11.3 Å². The molecule has 4 aromatic rings. The summed E-state index contributed by atoms with van der Waals surface area (Å²) in [4.78, 5) is 25.7. The van der Waals surface area contributed by atoms with Gasteiger partial charge in [0, 0.05) is 27.5 Å². The number of anilines is 1. The molecule has 4 rings (SSSR count). The minimum absolute atomic E-state index is 0.253. The van der Waals surface area contributed by atoms with Crippen LogP contribution in [0.4, 0.5) is 5.69 Å². The van der Waals surface area contributed by atoms with Gasteiger partial charge in [-0.1, -0.05) is 29.3 Å². The van der Waals surface area contributed by atoms with Crippen LogP contribution in [0.15, 0.2) is 53.2 Å². The number of rotatable bonds is 4. The van der Waals surface area contributed by atoms with E-state index in [1.165, 1.54) is 18.4 Å². The van der Waals surface area contributed by atoms with Gasteiger partial charge in [-0.25, -0.2) is 0 Å². The predicted molar refractivity (Wildman–Crippen MR) is 122 cm³/mol. The number of nitrogens with zero attached hydrogens (tertiary/aromatic N) is 1. The first-order valence-corrected chi connectivity index (χ1v) is 10.6. The molecule has 0 spiro atoms. The minimum atomic E-state index is -0.308. The van der Waals surface area contributed by atoms with E-state index in [2.05, 4.69) is 5.32 Å². The Morgan fingerprint density at radius 3 is 2.50 bits per heavy atom. The van der Waals surface area contributed by atoms with Gasteiger partial charge in [0.15, 0.2) is 0 Å². The summed E-state index contributed by atoms with van der Waals surface area (Å²) < 4.78 is 6.77. The third-order valence-electron chi connectivity index (χ3n) is 4.71. The lowest BCUT2D eigenvalue weighted by molar-refractivity contribution is 0.0962. The van der Waals surface area contributed by atoms with Gasteiger partial charge in [-0.05, 0) is 43.3 Å². The first kappa shape index (κ1) is 20.5. The SMILES string of the molecule is COc1cscc1C(=O)Nc1ccc2c(c1)cc(C)n2C(=O)c1c(Cl)cccc1Cl. The van der Waals surface area contributed by atoms with Crippen LogP contribution in [0.1, 0.15) is 26.4 Å². The lowest BCUT2D eigenvalue weighted by Gasteiger charge is -2.11. The molecule has 0 fully saturated rings. The zero-order valence-corrected chi connectivity index (χ0v) is 18.4. The number of carbonyl (C=O) groups excluding carboxylic acids is 2. The van der Waals surface area contributed by atoms with Crippen molar-refractivity contribution in [3.05, 3.63) is 80.1 Å². The molecule has 0 aliphatic rings. The van der Waals surface area contributed by atoms with E-state index in [9.17, 15) is 9.59 Å². The summed E-state index contributed by atoms with van der Waals surface area (Å²) in [6.07, 6.45) is 0. The summed E-state index contributed by atoms with van der Waals surface area (Å²) in [5, 5.41) is 7.77. The number of methoxy groups -OCH3 is 1. The van der Waals surface area contributed by atoms with Crippen molar-refractivity contribution in [3.8, 4) is 5.75 Å². The van der Waals surface area contributed by atoms with Gasteiger partial charge >= 0.3 is 0 Å². The Labute approximate surface area is 186 Å². The summed E-state index contributed by atoms with van der Waals surface area (Å²) in [5.41, 5.74) is 2.76. The van der Waals surface area contributed by atoms with Gasteiger partial charge in [0.1, 0.15) is 5.75 Å². The van der Waals surface area contributed by atoms with E-state index in [0.717, 1.165) is 11.1 Å². The lowest BCUT2D eigenvalue weighted by atomic mass is 10.2. The molecule has 0 atom stereocenters. The van der Waals surface area contributed by atoms with Crippen molar-refractivity contribution in [1.29, 1.82) is 0 Å². The number of amides is 1. The number of carbonyl (C=O) groups is 2. The fourth-order valence-electron chi connectivity index (χ4n) is 3.32. The molecule has 1 N–H and O–H groups in total. The molecule has 0 radical (unpaired) electrons. The maximum Gasteiger partial charge on any atom is 0.265 e. The maximum atomic E-state index is 13.2. The molecule has 30 heavy (non-hydrogen) atoms. The van der Waals surface area contributed by atoms with Crippen LogP contribution in [0, 0.1) is 6.92 Å². The third kappa shape index (κ3) is 3.58. The number of halogens is 2. The Morgan fingerprint density at radius 2 is 1.80 bits per heavy atom. The number of ether oxygens (including phenoxy) is 1. The molecule has 8 heteroatoms. The van der Waals surface area contributed by atoms with E-state index in [-0.39, 0.29) is 17.4 Å². The molecule has 0 bridgehead atoms. The van der Waals surface area contributed by atoms with Crippen molar-refractivity contribution in [2.75, 3.05) is 12.4 Å². The molecular weight excluding hydrogens is 443 g/mol. The second kappa shape index (κ2) is 8.14. The standard InChI is InChI=1S/C22H16Cl2N2O3S/c1-12-8-13-9-14(25-21(27)15-10-30-11-19(15)29-2)6-7-18(13)26(12)22(28)20-16(23)4-3-5-17(20)24/h3-11H,1-2H3,(H,25,27). The average molecular weight is 459 g/mol. The Kier molecular flexibility index (Phi) is 5.56. The molecule has 5 nitrogen and oxygen atoms in total. The molecule has 0 saturated carbocycles. The highest BCUT2D eigenvalue weighted by Gasteiger charge is 2.20. The Balaban J connectivity index is 1.69. The van der Waals surface area contributed by atoms with Crippen molar-refractivity contribution in [2.45, 2.75) is 6.92 Å². The molecule has 2 aromatic carbocycles. The lowest BCUT2D eigenvalue weighted by Crippen LogP contribution is -2.14. The van der Waals surface area contributed by atoms with Crippen molar-refractivity contribution in [3.63, 3.8) is 0 Å². The number of aryl methyl sites for hydroxylation is 1. The number of aromatic nitrogens is 1. The first-order chi connectivity index (χ1) is 14.4. The predicted octanol–water partition coefficient (Wildman–Crippen LogP) is 6.27. The second-order valence-electron chi connectivity index (χ2n) is 6.60. The quantitative estimate of drug-likeness (QED) is 0.392. The van der Waals surface area contributed by atoms with Gasteiger partial charge in [-0.3, -0.25) is 14.2 Å². The van der Waals surface area contributed by atoms with Gasteiger partial charge in [-0.2, -0.15) is 0 Å². The highest BCUT2D eigenvalue weighted by atomic mass is 35.5. The van der Waals surface area contributed by atoms with Gasteiger partial charge < -0.3 is 10.1 Å². The normalized spacial score (nSPS) is 10.9. The molecular formula is C22H16Cl2N2O3S. The largest absolute Gasteiger partial charge is 0.495 e. The number of benzene rings is 2. The van der Waals surface area contributed by atoms with E-state index < -0.39 is 0 Å². The zero-order valence-electron chi connectivity index (χ0n) is 16.0. The van der Waals surface area contributed by atoms with E-state index in [1.54, 1.807) is 45.7 Å². The maximum absolute atomic E-state index is 13.2. The number of thiophene rings is 1. The molecule has 152 valence electrons. The van der Waals surface area contributed by atoms with E-state index >= 15 is 0 Å². The van der Waals surface area contributed by atoms with Crippen molar-refractivity contribution in [1.82, 2.24) is 4.57 Å². The van der Waals surface area contributed by atoms with Crippen molar-refractivity contribution >= 4 is 62.9 Å². The van der Waals surface area contributed by atoms with Crippen LogP contribution in [0.25, 0.3) is 10.9 Å². The number of hydrogen-bond acceptors (Lipinski definition) is 4. The highest BCUT2D eigenvalue weighted by molar-refractivity contribution is 7.08. The second-order valence-corrected chi connectivity index (χ2v) is 8.16. The summed E-state index contributed by atoms with van der Waals surface area (Å²) in [6, 6.07) is 12.2. The topological polar surface area (TPSA) is 60.3 Å². The van der Waals surface area contributed by atoms with Crippen molar-refractivity contribution in [2.24, 2.45) is 0 Å². The fourth-order valence-corrected chi connectivity index (χ4v) is 4.66. The molecule has 0 aliphatic heterocycles. The van der Waals surface area contributed by atoms with Crippen LogP contribution < -0.4 is 10.1 Å². The number of fused-ring (bicyclic) bond motifs is 1. The van der Waals surface area contributed by atoms with Crippen LogP contribution in [0.3, 0.4) is 0 Å². The van der Waals surface area contributed by atoms with E-state index in [0.29, 0.717) is 32.6 Å². The molecule has 2 heterocycles. The third-order valence-corrected chi connectivity index (χ3v) is 6.07. The average Bonchev–Trinajstić information content (AvgIpc) is 3.30. The van der Waals surface area contributed by atoms with Crippen LogP contribution in [-0.4, -0.2) is 23.5 Å². The summed E-state index contributed by atoms with van der Waals surface area (Å²) in [7, 11) is 1.53. The van der Waals surface area contributed by atoms with Gasteiger partial charge in [0.05, 0.1) is 33.8 Å². The summed E-state index contributed by atoms with van der Waals surface area (Å²) >= 11 is 13.8. The van der Waals surface area contributed by atoms with Crippen LogP contribution in [-0.2, 0) is 0 Å². The zero-order chi connectivity index (χ0) is 21.4. The number of hydrogen-bond donors (Lipinski definition) is 1. The molecule has 0 saturated heterocycles. The minimum Gasteiger partial charge on any atom is -0.495 e. The Hall–Kier alpha value is -2.80. The summed E-state index contributed by atoms with van der Waals surface area (Å²) in [6.45, 7) is 1.83. The van der Waals surface area contributed by atoms with Gasteiger partial charge in [0.2, 0.25) is 0 Å². The molecule has 2 aromatic heterocycles. The Morgan fingerprint density at radius 1 is 1.07 bits per heavy atom. The van der Waals surface area contributed by atoms with E-state index in [1.807, 2.05) is 19.1 Å². The monoisotopic (exact) mass is 458 g/mol. The molecule has 0 aliphatic carbocycles. The van der Waals surface area contributed by atoms with Gasteiger partial charge in [0.25, 0.3) is 11.8 Å². The molecule has 0 unspecified atom stereocenters. The smallest absolute Gasteiger partial charge is 0.265 e.